The van der Waals surface area contributed by atoms with Gasteiger partial charge < -0.3 is 9.30 Å². The number of carbonyl (C=O) groups excluding carboxylic acids is 1. The zero-order chi connectivity index (χ0) is 15.4. The van der Waals surface area contributed by atoms with E-state index in [9.17, 15) is 4.79 Å². The molecule has 2 aromatic rings. The fraction of sp³-hybridized carbons (Fsp3) is 0.188. The van der Waals surface area contributed by atoms with E-state index in [0.29, 0.717) is 12.8 Å². The Kier molecular flexibility index (Phi) is 4.00. The van der Waals surface area contributed by atoms with Crippen molar-refractivity contribution in [2.75, 3.05) is 7.11 Å². The third-order valence-electron chi connectivity index (χ3n) is 3.42. The summed E-state index contributed by atoms with van der Waals surface area (Å²) in [4.78, 5) is 15.2. The first-order valence-electron chi connectivity index (χ1n) is 6.96. The maximum Gasteiger partial charge on any atom is 0.240 e. The molecule has 112 valence electrons. The van der Waals surface area contributed by atoms with E-state index in [4.69, 9.17) is 4.74 Å². The summed E-state index contributed by atoms with van der Waals surface area (Å²) in [5, 5.41) is 4.12. The highest BCUT2D eigenvalue weighted by Crippen LogP contribution is 2.23. The number of imidazole rings is 1. The van der Waals surface area contributed by atoms with E-state index in [1.54, 1.807) is 19.6 Å². The molecule has 3 rings (SSSR count). The molecule has 0 aliphatic carbocycles. The molecule has 6 nitrogen and oxygen atoms in total. The Bertz CT molecular complexity index is 733. The van der Waals surface area contributed by atoms with Crippen LogP contribution in [-0.2, 0) is 4.79 Å². The van der Waals surface area contributed by atoms with Crippen LogP contribution in [0.3, 0.4) is 0 Å². The molecule has 0 spiro atoms. The average Bonchev–Trinajstić information content (AvgIpc) is 3.07. The van der Waals surface area contributed by atoms with Crippen LogP contribution in [0, 0.1) is 0 Å². The third kappa shape index (κ3) is 3.06. The molecular formula is C16H16N4O2. The predicted molar refractivity (Wildman–Crippen MR) is 84.4 cm³/mol. The van der Waals surface area contributed by atoms with Gasteiger partial charge in [-0.3, -0.25) is 4.79 Å². The van der Waals surface area contributed by atoms with Crippen LogP contribution in [0.15, 0.2) is 42.0 Å². The number of nitrogens with one attached hydrogen (secondary N) is 1. The zero-order valence-electron chi connectivity index (χ0n) is 12.2. The van der Waals surface area contributed by atoms with Gasteiger partial charge in [0.1, 0.15) is 5.75 Å². The fourth-order valence-corrected chi connectivity index (χ4v) is 2.25. The highest BCUT2D eigenvalue weighted by Gasteiger charge is 2.14. The van der Waals surface area contributed by atoms with Crippen molar-refractivity contribution in [1.82, 2.24) is 15.0 Å². The molecule has 0 bridgehead atoms. The van der Waals surface area contributed by atoms with Gasteiger partial charge in [-0.1, -0.05) is 0 Å². The molecule has 0 unspecified atom stereocenters. The number of nitrogens with zero attached hydrogens (tertiary/aromatic N) is 3. The number of carbonyl (C=O) groups is 1. The lowest BCUT2D eigenvalue weighted by atomic mass is 10.0. The van der Waals surface area contributed by atoms with Crippen molar-refractivity contribution in [2.24, 2.45) is 5.10 Å². The summed E-state index contributed by atoms with van der Waals surface area (Å²) in [5.74, 6) is 0.734. The first-order chi connectivity index (χ1) is 10.8. The Morgan fingerprint density at radius 1 is 1.36 bits per heavy atom. The normalized spacial score (nSPS) is 14.8. The topological polar surface area (TPSA) is 68.5 Å². The Balaban J connectivity index is 1.91. The molecule has 0 saturated carbocycles. The SMILES string of the molecule is COc1ccc(C2=NNC(=O)CC2)cc1C=Cn1ccnc1. The number of amides is 1. The summed E-state index contributed by atoms with van der Waals surface area (Å²) in [7, 11) is 1.64. The van der Waals surface area contributed by atoms with Gasteiger partial charge in [0.2, 0.25) is 5.91 Å². The molecule has 1 N–H and O–H groups in total. The van der Waals surface area contributed by atoms with Crippen molar-refractivity contribution >= 4 is 23.9 Å². The van der Waals surface area contributed by atoms with Gasteiger partial charge in [0.05, 0.1) is 19.1 Å². The highest BCUT2D eigenvalue weighted by atomic mass is 16.5. The fourth-order valence-electron chi connectivity index (χ4n) is 2.25. The second-order valence-corrected chi connectivity index (χ2v) is 4.88. The van der Waals surface area contributed by atoms with Gasteiger partial charge in [-0.25, -0.2) is 10.4 Å². The summed E-state index contributed by atoms with van der Waals surface area (Å²) in [5.41, 5.74) is 5.31. The Morgan fingerprint density at radius 2 is 2.27 bits per heavy atom. The largest absolute Gasteiger partial charge is 0.496 e. The van der Waals surface area contributed by atoms with E-state index in [-0.39, 0.29) is 5.91 Å². The van der Waals surface area contributed by atoms with E-state index in [0.717, 1.165) is 22.6 Å². The van der Waals surface area contributed by atoms with Gasteiger partial charge in [0.25, 0.3) is 0 Å². The van der Waals surface area contributed by atoms with Crippen molar-refractivity contribution in [3.8, 4) is 5.75 Å². The molecule has 0 radical (unpaired) electrons. The molecule has 0 saturated heterocycles. The second kappa shape index (κ2) is 6.26. The molecule has 1 aromatic heterocycles. The van der Waals surface area contributed by atoms with Crippen LogP contribution >= 0.6 is 0 Å². The number of hydrogen-bond acceptors (Lipinski definition) is 4. The Labute approximate surface area is 128 Å². The lowest BCUT2D eigenvalue weighted by molar-refractivity contribution is -0.121. The molecule has 1 aliphatic rings. The van der Waals surface area contributed by atoms with Crippen LogP contribution in [0.25, 0.3) is 12.3 Å². The van der Waals surface area contributed by atoms with Crippen LogP contribution < -0.4 is 10.2 Å². The molecule has 0 fully saturated rings. The monoisotopic (exact) mass is 296 g/mol. The minimum Gasteiger partial charge on any atom is -0.496 e. The Hall–Kier alpha value is -2.89. The van der Waals surface area contributed by atoms with Crippen LogP contribution in [-0.4, -0.2) is 28.3 Å². The minimum absolute atomic E-state index is 0.0440. The molecular weight excluding hydrogens is 280 g/mol. The number of ether oxygens (including phenoxy) is 1. The van der Waals surface area contributed by atoms with Crippen LogP contribution in [0.5, 0.6) is 5.75 Å². The number of aromatic nitrogens is 2. The zero-order valence-corrected chi connectivity index (χ0v) is 12.2. The summed E-state index contributed by atoms with van der Waals surface area (Å²) in [6.07, 6.45) is 10.2. The minimum atomic E-state index is -0.0440. The third-order valence-corrected chi connectivity index (χ3v) is 3.42. The quantitative estimate of drug-likeness (QED) is 0.939. The van der Waals surface area contributed by atoms with E-state index in [1.165, 1.54) is 0 Å². The van der Waals surface area contributed by atoms with Crippen molar-refractivity contribution < 1.29 is 9.53 Å². The molecule has 1 amide bonds. The lowest BCUT2D eigenvalue weighted by Crippen LogP contribution is -2.25. The second-order valence-electron chi connectivity index (χ2n) is 4.88. The number of rotatable bonds is 4. The van der Waals surface area contributed by atoms with Crippen molar-refractivity contribution in [3.05, 3.63) is 48.0 Å². The van der Waals surface area contributed by atoms with E-state index in [2.05, 4.69) is 15.5 Å². The predicted octanol–water partition coefficient (Wildman–Crippen LogP) is 2.13. The van der Waals surface area contributed by atoms with Gasteiger partial charge >= 0.3 is 0 Å². The summed E-state index contributed by atoms with van der Waals surface area (Å²) in [6, 6.07) is 5.86. The maximum absolute atomic E-state index is 11.2. The summed E-state index contributed by atoms with van der Waals surface area (Å²) < 4.78 is 7.24. The van der Waals surface area contributed by atoms with Gasteiger partial charge in [0.15, 0.2) is 0 Å². The van der Waals surface area contributed by atoms with Crippen LogP contribution in [0.2, 0.25) is 0 Å². The van der Waals surface area contributed by atoms with Gasteiger partial charge in [-0.15, -0.1) is 0 Å². The highest BCUT2D eigenvalue weighted by molar-refractivity contribution is 6.04. The van der Waals surface area contributed by atoms with E-state index < -0.39 is 0 Å². The van der Waals surface area contributed by atoms with Crippen molar-refractivity contribution in [2.45, 2.75) is 12.8 Å². The van der Waals surface area contributed by atoms with Gasteiger partial charge in [-0.05, 0) is 29.8 Å². The van der Waals surface area contributed by atoms with Gasteiger partial charge in [-0.2, -0.15) is 5.10 Å². The van der Waals surface area contributed by atoms with Crippen molar-refractivity contribution in [3.63, 3.8) is 0 Å². The molecule has 0 atom stereocenters. The standard InChI is InChI=1S/C16H16N4O2/c1-22-15-4-2-12(14-3-5-16(21)19-18-14)10-13(15)6-8-20-9-7-17-11-20/h2,4,6-11H,3,5H2,1H3,(H,19,21). The average molecular weight is 296 g/mol. The lowest BCUT2D eigenvalue weighted by Gasteiger charge is -2.13. The first-order valence-corrected chi connectivity index (χ1v) is 6.96. The van der Waals surface area contributed by atoms with E-state index in [1.807, 2.05) is 41.2 Å². The molecule has 1 aromatic carbocycles. The summed E-state index contributed by atoms with van der Waals surface area (Å²) in [6.45, 7) is 0. The molecule has 22 heavy (non-hydrogen) atoms. The smallest absolute Gasteiger partial charge is 0.240 e. The van der Waals surface area contributed by atoms with E-state index >= 15 is 0 Å². The van der Waals surface area contributed by atoms with Crippen LogP contribution in [0.4, 0.5) is 0 Å². The molecule has 6 heteroatoms. The number of hydrazone groups is 1. The maximum atomic E-state index is 11.2. The van der Waals surface area contributed by atoms with Crippen LogP contribution in [0.1, 0.15) is 24.0 Å². The number of hydrogen-bond donors (Lipinski definition) is 1. The summed E-state index contributed by atoms with van der Waals surface area (Å²) >= 11 is 0. The molecule has 1 aliphatic heterocycles. The first kappa shape index (κ1) is 14.1. The molecule has 2 heterocycles. The number of methoxy groups -OCH3 is 1. The van der Waals surface area contributed by atoms with Gasteiger partial charge in [0, 0.05) is 37.0 Å². The number of benzene rings is 1. The Morgan fingerprint density at radius 3 is 2.95 bits per heavy atom. The van der Waals surface area contributed by atoms with Crippen molar-refractivity contribution in [1.29, 1.82) is 0 Å².